The van der Waals surface area contributed by atoms with Crippen molar-refractivity contribution in [2.24, 2.45) is 0 Å². The monoisotopic (exact) mass is 283 g/mol. The number of ether oxygens (including phenoxy) is 1. The Morgan fingerprint density at radius 1 is 0.952 bits per heavy atom. The molecule has 112 valence electrons. The van der Waals surface area contributed by atoms with Gasteiger partial charge in [-0.25, -0.2) is 0 Å². The molecular formula is C19H25NO. The fourth-order valence-corrected chi connectivity index (χ4v) is 2.35. The Morgan fingerprint density at radius 3 is 2.33 bits per heavy atom. The van der Waals surface area contributed by atoms with Gasteiger partial charge in [-0.15, -0.1) is 0 Å². The molecule has 1 unspecified atom stereocenters. The van der Waals surface area contributed by atoms with E-state index in [-0.39, 0.29) is 6.04 Å². The normalized spacial score (nSPS) is 12.4. The van der Waals surface area contributed by atoms with Gasteiger partial charge in [0, 0.05) is 0 Å². The highest BCUT2D eigenvalue weighted by Crippen LogP contribution is 2.21. The molecule has 2 aromatic carbocycles. The van der Waals surface area contributed by atoms with E-state index in [0.717, 1.165) is 12.3 Å². The molecule has 0 heterocycles. The van der Waals surface area contributed by atoms with Gasteiger partial charge in [-0.05, 0) is 35.7 Å². The third kappa shape index (κ3) is 4.61. The number of nitrogens with one attached hydrogen (secondary N) is 1. The average molecular weight is 283 g/mol. The lowest BCUT2D eigenvalue weighted by molar-refractivity contribution is 0.268. The summed E-state index contributed by atoms with van der Waals surface area (Å²) in [7, 11) is 0. The van der Waals surface area contributed by atoms with E-state index in [1.165, 1.54) is 11.1 Å². The van der Waals surface area contributed by atoms with E-state index in [2.05, 4.69) is 68.6 Å². The van der Waals surface area contributed by atoms with Crippen LogP contribution in [0.25, 0.3) is 0 Å². The first-order chi connectivity index (χ1) is 10.2. The van der Waals surface area contributed by atoms with Crippen LogP contribution in [-0.4, -0.2) is 13.2 Å². The fraction of sp³-hybridized carbons (Fsp3) is 0.368. The molecule has 21 heavy (non-hydrogen) atoms. The van der Waals surface area contributed by atoms with E-state index in [1.807, 2.05) is 12.1 Å². The standard InChI is InChI=1S/C19H25NO/c1-4-20-19(16-9-6-5-7-10-16)14-21-18-12-8-11-17(13-18)15(2)3/h5-13,15,19-20H,4,14H2,1-3H3. The minimum absolute atomic E-state index is 0.221. The highest BCUT2D eigenvalue weighted by molar-refractivity contribution is 5.30. The van der Waals surface area contributed by atoms with Crippen molar-refractivity contribution in [2.45, 2.75) is 32.7 Å². The second kappa shape index (κ2) is 7.84. The summed E-state index contributed by atoms with van der Waals surface area (Å²) in [4.78, 5) is 0. The van der Waals surface area contributed by atoms with Gasteiger partial charge < -0.3 is 10.1 Å². The SMILES string of the molecule is CCNC(COc1cccc(C(C)C)c1)c1ccccc1. The summed E-state index contributed by atoms with van der Waals surface area (Å²) in [6, 6.07) is 19.1. The van der Waals surface area contributed by atoms with E-state index in [0.29, 0.717) is 12.5 Å². The van der Waals surface area contributed by atoms with Crippen LogP contribution in [-0.2, 0) is 0 Å². The van der Waals surface area contributed by atoms with Gasteiger partial charge >= 0.3 is 0 Å². The molecule has 1 N–H and O–H groups in total. The van der Waals surface area contributed by atoms with E-state index in [1.54, 1.807) is 0 Å². The van der Waals surface area contributed by atoms with Crippen molar-refractivity contribution in [3.05, 3.63) is 65.7 Å². The van der Waals surface area contributed by atoms with Crippen molar-refractivity contribution in [3.63, 3.8) is 0 Å². The van der Waals surface area contributed by atoms with Gasteiger partial charge in [0.15, 0.2) is 0 Å². The highest BCUT2D eigenvalue weighted by Gasteiger charge is 2.11. The predicted octanol–water partition coefficient (Wildman–Crippen LogP) is 4.54. The van der Waals surface area contributed by atoms with Gasteiger partial charge in [0.25, 0.3) is 0 Å². The van der Waals surface area contributed by atoms with Crippen molar-refractivity contribution >= 4 is 0 Å². The summed E-state index contributed by atoms with van der Waals surface area (Å²) in [5.41, 5.74) is 2.58. The van der Waals surface area contributed by atoms with Gasteiger partial charge in [0.2, 0.25) is 0 Å². The predicted molar refractivity (Wildman–Crippen MR) is 88.9 cm³/mol. The molecule has 0 spiro atoms. The number of rotatable bonds is 7. The molecule has 0 saturated heterocycles. The van der Waals surface area contributed by atoms with Gasteiger partial charge in [-0.2, -0.15) is 0 Å². The molecule has 2 aromatic rings. The molecule has 0 amide bonds. The summed E-state index contributed by atoms with van der Waals surface area (Å²) in [6.07, 6.45) is 0. The first kappa shape index (κ1) is 15.6. The molecule has 0 bridgehead atoms. The zero-order valence-electron chi connectivity index (χ0n) is 13.2. The Balaban J connectivity index is 2.03. The molecule has 0 aromatic heterocycles. The van der Waals surface area contributed by atoms with Crippen molar-refractivity contribution in [1.82, 2.24) is 5.32 Å². The van der Waals surface area contributed by atoms with E-state index < -0.39 is 0 Å². The average Bonchev–Trinajstić information content (AvgIpc) is 2.52. The van der Waals surface area contributed by atoms with Gasteiger partial charge in [0.05, 0.1) is 6.04 Å². The van der Waals surface area contributed by atoms with Crippen LogP contribution in [0, 0.1) is 0 Å². The maximum atomic E-state index is 6.00. The van der Waals surface area contributed by atoms with Crippen molar-refractivity contribution in [1.29, 1.82) is 0 Å². The van der Waals surface area contributed by atoms with E-state index >= 15 is 0 Å². The molecule has 2 heteroatoms. The van der Waals surface area contributed by atoms with Crippen LogP contribution < -0.4 is 10.1 Å². The van der Waals surface area contributed by atoms with Gasteiger partial charge in [-0.1, -0.05) is 63.2 Å². The highest BCUT2D eigenvalue weighted by atomic mass is 16.5. The summed E-state index contributed by atoms with van der Waals surface area (Å²) >= 11 is 0. The first-order valence-corrected chi connectivity index (χ1v) is 7.71. The quantitative estimate of drug-likeness (QED) is 0.805. The Labute approximate surface area is 128 Å². The minimum atomic E-state index is 0.221. The molecule has 2 nitrogen and oxygen atoms in total. The third-order valence-electron chi connectivity index (χ3n) is 3.59. The number of benzene rings is 2. The largest absolute Gasteiger partial charge is 0.492 e. The molecule has 0 aliphatic heterocycles. The van der Waals surface area contributed by atoms with Crippen LogP contribution in [0.3, 0.4) is 0 Å². The van der Waals surface area contributed by atoms with E-state index in [4.69, 9.17) is 4.74 Å². The Bertz CT molecular complexity index is 536. The van der Waals surface area contributed by atoms with Crippen molar-refractivity contribution < 1.29 is 4.74 Å². The molecule has 0 radical (unpaired) electrons. The molecule has 0 fully saturated rings. The lowest BCUT2D eigenvalue weighted by Crippen LogP contribution is -2.26. The lowest BCUT2D eigenvalue weighted by Gasteiger charge is -2.19. The summed E-state index contributed by atoms with van der Waals surface area (Å²) in [5, 5.41) is 3.48. The van der Waals surface area contributed by atoms with Gasteiger partial charge in [-0.3, -0.25) is 0 Å². The van der Waals surface area contributed by atoms with Gasteiger partial charge in [0.1, 0.15) is 12.4 Å². The zero-order valence-corrected chi connectivity index (χ0v) is 13.2. The van der Waals surface area contributed by atoms with Crippen molar-refractivity contribution in [2.75, 3.05) is 13.2 Å². The fourth-order valence-electron chi connectivity index (χ4n) is 2.35. The smallest absolute Gasteiger partial charge is 0.119 e. The Hall–Kier alpha value is -1.80. The Kier molecular flexibility index (Phi) is 5.82. The minimum Gasteiger partial charge on any atom is -0.492 e. The lowest BCUT2D eigenvalue weighted by atomic mass is 10.0. The summed E-state index contributed by atoms with van der Waals surface area (Å²) in [5.74, 6) is 1.47. The van der Waals surface area contributed by atoms with Crippen LogP contribution in [0.1, 0.15) is 43.9 Å². The maximum absolute atomic E-state index is 6.00. The maximum Gasteiger partial charge on any atom is 0.119 e. The van der Waals surface area contributed by atoms with Crippen LogP contribution in [0.4, 0.5) is 0 Å². The van der Waals surface area contributed by atoms with Crippen LogP contribution in [0.5, 0.6) is 5.75 Å². The summed E-state index contributed by atoms with van der Waals surface area (Å²) < 4.78 is 6.00. The van der Waals surface area contributed by atoms with Crippen LogP contribution >= 0.6 is 0 Å². The zero-order chi connectivity index (χ0) is 15.1. The molecule has 2 rings (SSSR count). The second-order valence-electron chi connectivity index (χ2n) is 5.56. The van der Waals surface area contributed by atoms with Crippen molar-refractivity contribution in [3.8, 4) is 5.75 Å². The molecular weight excluding hydrogens is 258 g/mol. The number of hydrogen-bond acceptors (Lipinski definition) is 2. The Morgan fingerprint density at radius 2 is 1.67 bits per heavy atom. The molecule has 0 saturated carbocycles. The number of likely N-dealkylation sites (N-methyl/N-ethyl adjacent to an activating group) is 1. The molecule has 0 aliphatic carbocycles. The topological polar surface area (TPSA) is 21.3 Å². The molecule has 0 aliphatic rings. The van der Waals surface area contributed by atoms with E-state index in [9.17, 15) is 0 Å². The number of hydrogen-bond donors (Lipinski definition) is 1. The van der Waals surface area contributed by atoms with Crippen LogP contribution in [0.15, 0.2) is 54.6 Å². The van der Waals surface area contributed by atoms with Crippen LogP contribution in [0.2, 0.25) is 0 Å². The first-order valence-electron chi connectivity index (χ1n) is 7.71. The molecule has 1 atom stereocenters. The second-order valence-corrected chi connectivity index (χ2v) is 5.56. The summed E-state index contributed by atoms with van der Waals surface area (Å²) in [6.45, 7) is 8.08. The third-order valence-corrected chi connectivity index (χ3v) is 3.59.